The number of carbonyl (C=O) groups is 2. The molecule has 1 heterocycles. The van der Waals surface area contributed by atoms with E-state index in [1.807, 2.05) is 31.0 Å². The average molecular weight is 456 g/mol. The average Bonchev–Trinajstić information content (AvgIpc) is 2.96. The van der Waals surface area contributed by atoms with Gasteiger partial charge in [-0.1, -0.05) is 42.3 Å². The molecule has 1 aliphatic rings. The lowest BCUT2D eigenvalue weighted by Gasteiger charge is -2.17. The molecular weight excluding hydrogens is 426 g/mol. The number of aryl methyl sites for hydroxylation is 1. The Labute approximate surface area is 189 Å². The second-order valence-electron chi connectivity index (χ2n) is 8.08. The van der Waals surface area contributed by atoms with E-state index >= 15 is 0 Å². The maximum atomic E-state index is 12.8. The molecule has 0 bridgehead atoms. The number of benzene rings is 2. The number of amides is 1. The Morgan fingerprint density at radius 3 is 2.53 bits per heavy atom. The van der Waals surface area contributed by atoms with E-state index in [2.05, 4.69) is 9.71 Å². The molecule has 1 amide bonds. The van der Waals surface area contributed by atoms with Gasteiger partial charge in [0.15, 0.2) is 5.78 Å². The van der Waals surface area contributed by atoms with Gasteiger partial charge in [-0.2, -0.15) is 8.42 Å². The van der Waals surface area contributed by atoms with E-state index in [4.69, 9.17) is 0 Å². The molecule has 0 atom stereocenters. The molecule has 170 valence electrons. The summed E-state index contributed by atoms with van der Waals surface area (Å²) < 4.78 is 29.7. The minimum absolute atomic E-state index is 0.0107. The van der Waals surface area contributed by atoms with Crippen molar-refractivity contribution in [1.82, 2.24) is 4.90 Å². The van der Waals surface area contributed by atoms with Gasteiger partial charge in [-0.3, -0.25) is 9.59 Å². The first-order valence-corrected chi connectivity index (χ1v) is 12.2. The molecule has 3 rings (SSSR count). The maximum absolute atomic E-state index is 12.8. The minimum Gasteiger partial charge on any atom is -0.362 e. The first-order chi connectivity index (χ1) is 15.2. The molecule has 1 aliphatic heterocycles. The quantitative estimate of drug-likeness (QED) is 0.632. The Hall–Kier alpha value is -3.00. The number of hydrogen-bond acceptors (Lipinski definition) is 4. The zero-order valence-electron chi connectivity index (χ0n) is 18.5. The summed E-state index contributed by atoms with van der Waals surface area (Å²) in [5, 5.41) is 2.68. The number of rotatable bonds is 7. The van der Waals surface area contributed by atoms with Crippen LogP contribution in [0.25, 0.3) is 0 Å². The van der Waals surface area contributed by atoms with E-state index in [1.165, 1.54) is 12.1 Å². The van der Waals surface area contributed by atoms with Gasteiger partial charge in [-0.25, -0.2) is 0 Å². The van der Waals surface area contributed by atoms with E-state index in [0.29, 0.717) is 23.5 Å². The van der Waals surface area contributed by atoms with Crippen LogP contribution in [-0.4, -0.2) is 44.4 Å². The van der Waals surface area contributed by atoms with Crippen LogP contribution in [0.5, 0.6) is 0 Å². The highest BCUT2D eigenvalue weighted by atomic mass is 32.2. The number of nitrogens with zero attached hydrogens (tertiary/aromatic N) is 2. The highest BCUT2D eigenvalue weighted by molar-refractivity contribution is 7.90. The van der Waals surface area contributed by atoms with Crippen LogP contribution in [0.15, 0.2) is 57.8 Å². The van der Waals surface area contributed by atoms with Gasteiger partial charge in [0.05, 0.1) is 4.90 Å². The zero-order chi connectivity index (χ0) is 23.1. The summed E-state index contributed by atoms with van der Waals surface area (Å²) in [5.41, 5.74) is 1.98. The first-order valence-electron chi connectivity index (χ1n) is 10.8. The summed E-state index contributed by atoms with van der Waals surface area (Å²) >= 11 is 0. The summed E-state index contributed by atoms with van der Waals surface area (Å²) in [6, 6.07) is 13.3. The highest BCUT2D eigenvalue weighted by Gasteiger charge is 2.19. The molecule has 0 unspecified atom stereocenters. The van der Waals surface area contributed by atoms with Crippen molar-refractivity contribution in [3.8, 4) is 0 Å². The van der Waals surface area contributed by atoms with Crippen molar-refractivity contribution in [2.75, 3.05) is 18.9 Å². The fourth-order valence-corrected chi connectivity index (χ4v) is 4.64. The van der Waals surface area contributed by atoms with Gasteiger partial charge in [0.1, 0.15) is 5.84 Å². The predicted octanol–water partition coefficient (Wildman–Crippen LogP) is 4.19. The van der Waals surface area contributed by atoms with Gasteiger partial charge in [-0.15, -0.1) is 4.40 Å². The van der Waals surface area contributed by atoms with Gasteiger partial charge in [-0.05, 0) is 38.0 Å². The lowest BCUT2D eigenvalue weighted by molar-refractivity contribution is -0.116. The predicted molar refractivity (Wildman–Crippen MR) is 126 cm³/mol. The van der Waals surface area contributed by atoms with Crippen molar-refractivity contribution < 1.29 is 18.0 Å². The maximum Gasteiger partial charge on any atom is 0.284 e. The third-order valence-electron chi connectivity index (χ3n) is 5.43. The van der Waals surface area contributed by atoms with E-state index in [-0.39, 0.29) is 29.4 Å². The van der Waals surface area contributed by atoms with Crippen molar-refractivity contribution in [2.45, 2.75) is 50.3 Å². The summed E-state index contributed by atoms with van der Waals surface area (Å²) in [6.07, 6.45) is 3.70. The van der Waals surface area contributed by atoms with Crippen LogP contribution in [0, 0.1) is 6.92 Å². The Morgan fingerprint density at radius 1 is 1.03 bits per heavy atom. The molecule has 7 nitrogen and oxygen atoms in total. The Balaban J connectivity index is 1.64. The van der Waals surface area contributed by atoms with Crippen molar-refractivity contribution >= 4 is 33.2 Å². The van der Waals surface area contributed by atoms with Gasteiger partial charge in [0, 0.05) is 44.1 Å². The van der Waals surface area contributed by atoms with Crippen LogP contribution >= 0.6 is 0 Å². The number of anilines is 1. The van der Waals surface area contributed by atoms with Gasteiger partial charge >= 0.3 is 0 Å². The second-order valence-corrected chi connectivity index (χ2v) is 9.68. The molecule has 0 radical (unpaired) electrons. The van der Waals surface area contributed by atoms with Gasteiger partial charge in [0.25, 0.3) is 10.0 Å². The molecule has 1 saturated heterocycles. The Morgan fingerprint density at radius 2 is 1.78 bits per heavy atom. The standard InChI is InChI=1S/C24H29N3O4S/c1-18-10-12-19(13-11-18)22(28)14-15-24(29)25-20-7-6-8-21(17-20)32(30,31)26-23-9-4-3-5-16-27(23)2/h6-8,10-13,17H,3-5,9,14-16H2,1-2H3,(H,25,29)/b26-23+. The van der Waals surface area contributed by atoms with Gasteiger partial charge < -0.3 is 10.2 Å². The van der Waals surface area contributed by atoms with Crippen molar-refractivity contribution in [1.29, 1.82) is 0 Å². The van der Waals surface area contributed by atoms with Crippen LogP contribution in [0.3, 0.4) is 0 Å². The molecule has 8 heteroatoms. The minimum atomic E-state index is -3.89. The summed E-state index contributed by atoms with van der Waals surface area (Å²) in [7, 11) is -2.04. The molecule has 0 spiro atoms. The smallest absolute Gasteiger partial charge is 0.284 e. The topological polar surface area (TPSA) is 95.9 Å². The number of ketones is 1. The fraction of sp³-hybridized carbons (Fsp3) is 0.375. The molecule has 0 aromatic heterocycles. The molecule has 0 aliphatic carbocycles. The van der Waals surface area contributed by atoms with E-state index in [1.54, 1.807) is 24.3 Å². The summed E-state index contributed by atoms with van der Waals surface area (Å²) in [4.78, 5) is 26.5. The number of sulfonamides is 1. The van der Waals surface area contributed by atoms with Crippen LogP contribution in [0.1, 0.15) is 54.4 Å². The number of carbonyl (C=O) groups excluding carboxylic acids is 2. The number of hydrogen-bond donors (Lipinski definition) is 1. The Bertz CT molecular complexity index is 1110. The zero-order valence-corrected chi connectivity index (χ0v) is 19.3. The van der Waals surface area contributed by atoms with Crippen molar-refractivity contribution in [3.63, 3.8) is 0 Å². The van der Waals surface area contributed by atoms with Crippen LogP contribution in [-0.2, 0) is 14.8 Å². The molecule has 2 aromatic carbocycles. The molecular formula is C24H29N3O4S. The lowest BCUT2D eigenvalue weighted by Crippen LogP contribution is -2.26. The van der Waals surface area contributed by atoms with Crippen molar-refractivity contribution in [3.05, 3.63) is 59.7 Å². The van der Waals surface area contributed by atoms with E-state index < -0.39 is 10.0 Å². The van der Waals surface area contributed by atoms with Crippen LogP contribution in [0.4, 0.5) is 5.69 Å². The first kappa shape index (κ1) is 23.7. The van der Waals surface area contributed by atoms with Crippen molar-refractivity contribution in [2.24, 2.45) is 4.40 Å². The fourth-order valence-electron chi connectivity index (χ4n) is 3.50. The summed E-state index contributed by atoms with van der Waals surface area (Å²) in [5.74, 6) is 0.0983. The molecule has 1 N–H and O–H groups in total. The monoisotopic (exact) mass is 455 g/mol. The van der Waals surface area contributed by atoms with E-state index in [9.17, 15) is 18.0 Å². The highest BCUT2D eigenvalue weighted by Crippen LogP contribution is 2.20. The molecule has 2 aromatic rings. The molecule has 0 saturated carbocycles. The number of Topliss-reactive ketones (excluding diaryl/α,β-unsaturated/α-hetero) is 1. The lowest BCUT2D eigenvalue weighted by atomic mass is 10.0. The Kier molecular flexibility index (Phi) is 7.80. The second kappa shape index (κ2) is 10.5. The number of nitrogens with one attached hydrogen (secondary N) is 1. The molecule has 1 fully saturated rings. The van der Waals surface area contributed by atoms with E-state index in [0.717, 1.165) is 31.4 Å². The number of likely N-dealkylation sites (tertiary alicyclic amines) is 1. The SMILES string of the molecule is Cc1ccc(C(=O)CCC(=O)Nc2cccc(S(=O)(=O)/N=C3\CCCCCN3C)c2)cc1. The van der Waals surface area contributed by atoms with Crippen LogP contribution in [0.2, 0.25) is 0 Å². The normalized spacial score (nSPS) is 15.9. The van der Waals surface area contributed by atoms with Gasteiger partial charge in [0.2, 0.25) is 5.91 Å². The third-order valence-corrected chi connectivity index (χ3v) is 6.73. The molecule has 32 heavy (non-hydrogen) atoms. The largest absolute Gasteiger partial charge is 0.362 e. The number of amidine groups is 1. The third kappa shape index (κ3) is 6.50. The summed E-state index contributed by atoms with van der Waals surface area (Å²) in [6.45, 7) is 2.72. The van der Waals surface area contributed by atoms with Crippen LogP contribution < -0.4 is 5.32 Å².